The van der Waals surface area contributed by atoms with Gasteiger partial charge in [-0.25, -0.2) is 0 Å². The van der Waals surface area contributed by atoms with Gasteiger partial charge in [0.05, 0.1) is 0 Å². The molecule has 0 aromatic rings. The molecule has 28 valence electrons. The van der Waals surface area contributed by atoms with Crippen LogP contribution < -0.4 is 0 Å². The van der Waals surface area contributed by atoms with Gasteiger partial charge in [0.25, 0.3) is 0 Å². The van der Waals surface area contributed by atoms with Crippen molar-refractivity contribution < 1.29 is 5.11 Å². The van der Waals surface area contributed by atoms with E-state index in [1.165, 1.54) is 0 Å². The van der Waals surface area contributed by atoms with Crippen molar-refractivity contribution in [1.29, 1.82) is 0 Å². The van der Waals surface area contributed by atoms with E-state index in [-0.39, 0.29) is 14.0 Å². The van der Waals surface area contributed by atoms with Crippen molar-refractivity contribution in [2.45, 2.75) is 14.4 Å². The molecule has 0 heterocycles. The van der Waals surface area contributed by atoms with Crippen LogP contribution in [0.1, 0.15) is 14.4 Å². The molecule has 0 spiro atoms. The second-order valence-corrected chi connectivity index (χ2v) is 0.316. The average molecular weight is 61.1 g/mol. The van der Waals surface area contributed by atoms with E-state index in [9.17, 15) is 0 Å². The third-order valence-electron chi connectivity index (χ3n) is 0. The Balaban J connectivity index is 0. The Morgan fingerprint density at radius 3 is 1.75 bits per heavy atom. The fourth-order valence-corrected chi connectivity index (χ4v) is 0. The number of aliphatic hydroxyl groups excluding tert-OH is 1. The van der Waals surface area contributed by atoms with Crippen LogP contribution in [0.4, 0.5) is 0 Å². The number of rotatable bonds is 0. The first-order valence-corrected chi connectivity index (χ1v) is 1.02. The largest absolute Gasteiger partial charge is 0.397 e. The maximum atomic E-state index is 7.57. The topological polar surface area (TPSA) is 20.2 Å². The highest BCUT2D eigenvalue weighted by atomic mass is 16.2. The van der Waals surface area contributed by atoms with Gasteiger partial charge in [0, 0.05) is 6.61 Å². The summed E-state index contributed by atoms with van der Waals surface area (Å²) in [5, 5.41) is 7.57. The van der Waals surface area contributed by atoms with Crippen LogP contribution in [-0.4, -0.2) is 11.7 Å². The van der Waals surface area contributed by atoms with E-state index in [1.54, 1.807) is 6.92 Å². The molecule has 0 aliphatic carbocycles. The summed E-state index contributed by atoms with van der Waals surface area (Å²) in [5.74, 6) is 0. The van der Waals surface area contributed by atoms with Crippen LogP contribution in [0.2, 0.25) is 0 Å². The Morgan fingerprint density at radius 2 is 1.75 bits per heavy atom. The summed E-state index contributed by atoms with van der Waals surface area (Å²) in [5.41, 5.74) is 0. The molecule has 0 rings (SSSR count). The highest BCUT2D eigenvalue weighted by molar-refractivity contribution is 3.84. The normalized spacial score (nSPS) is 4.50. The van der Waals surface area contributed by atoms with Crippen LogP contribution >= 0.6 is 0 Å². The van der Waals surface area contributed by atoms with Crippen molar-refractivity contribution in [2.75, 3.05) is 6.61 Å². The molecule has 0 saturated carbocycles. The summed E-state index contributed by atoms with van der Waals surface area (Å²) < 4.78 is 0. The smallest absolute Gasteiger partial charge is 0.0402 e. The molecule has 1 N–H and O–H groups in total. The summed E-state index contributed by atoms with van der Waals surface area (Å²) in [6.07, 6.45) is 0. The summed E-state index contributed by atoms with van der Waals surface area (Å²) in [7, 11) is 0. The fraction of sp³-hybridized carbons (Fsp3) is 1.00. The second kappa shape index (κ2) is 12.3. The molecule has 1 nitrogen and oxygen atoms in total. The lowest BCUT2D eigenvalue weighted by Gasteiger charge is -1.52. The molecule has 0 aliphatic heterocycles. The van der Waals surface area contributed by atoms with Gasteiger partial charge in [-0.3, -0.25) is 0 Å². The Labute approximate surface area is 27.3 Å². The third kappa shape index (κ3) is 1130. The molecule has 4 heavy (non-hydrogen) atoms. The third-order valence-corrected chi connectivity index (χ3v) is 0. The van der Waals surface area contributed by atoms with Gasteiger partial charge in [0.1, 0.15) is 0 Å². The molecular weight excluding hydrogens is 51.0 g/mol. The van der Waals surface area contributed by atoms with Gasteiger partial charge in [-0.2, -0.15) is 0 Å². The maximum Gasteiger partial charge on any atom is 0.0402 e. The summed E-state index contributed by atoms with van der Waals surface area (Å²) >= 11 is 0. The van der Waals surface area contributed by atoms with E-state index in [4.69, 9.17) is 5.11 Å². The summed E-state index contributed by atoms with van der Waals surface area (Å²) in [4.78, 5) is 0. The lowest BCUT2D eigenvalue weighted by atomic mass is 10.9. The minimum atomic E-state index is 0. The van der Waals surface area contributed by atoms with Crippen molar-refractivity contribution in [3.63, 3.8) is 0 Å². The Kier molecular flexibility index (Phi) is 27.9. The van der Waals surface area contributed by atoms with Gasteiger partial charge in [-0.1, -0.05) is 7.43 Å². The van der Waals surface area contributed by atoms with E-state index in [0.29, 0.717) is 0 Å². The minimum absolute atomic E-state index is 0. The van der Waals surface area contributed by atoms with Gasteiger partial charge in [-0.15, -0.1) is 0 Å². The average Bonchev–Trinajstić information content (AvgIpc) is 0.918. The Hall–Kier alpha value is -0.0400. The molecule has 0 aromatic heterocycles. The number of aliphatic hydroxyl groups is 1. The first-order valence-electron chi connectivity index (χ1n) is 1.02. The standard InChI is InChI=1S/C2H6O.CH4/c1-2-3;/h3H,2H2,1H3;1H4/i;1-1. The van der Waals surface area contributed by atoms with Crippen molar-refractivity contribution in [1.82, 2.24) is 0 Å². The van der Waals surface area contributed by atoms with E-state index in [0.717, 1.165) is 0 Å². The zero-order chi connectivity index (χ0) is 2.71. The molecular formula is C3H10O. The molecule has 1 heteroatoms. The fourth-order valence-electron chi connectivity index (χ4n) is 0. The molecule has 0 saturated heterocycles. The lowest BCUT2D eigenvalue weighted by Crippen LogP contribution is -1.57. The molecule has 0 unspecified atom stereocenters. The van der Waals surface area contributed by atoms with E-state index in [1.807, 2.05) is 0 Å². The highest BCUT2D eigenvalue weighted by Gasteiger charge is 1.34. The van der Waals surface area contributed by atoms with E-state index < -0.39 is 0 Å². The molecule has 0 fully saturated rings. The Morgan fingerprint density at radius 1 is 1.75 bits per heavy atom. The molecule has 0 amide bonds. The van der Waals surface area contributed by atoms with Crippen LogP contribution in [0.3, 0.4) is 0 Å². The quantitative estimate of drug-likeness (QED) is 0.435. The van der Waals surface area contributed by atoms with Gasteiger partial charge in [0.2, 0.25) is 0 Å². The van der Waals surface area contributed by atoms with Gasteiger partial charge < -0.3 is 5.11 Å². The predicted molar refractivity (Wildman–Crippen MR) is 19.5 cm³/mol. The van der Waals surface area contributed by atoms with Crippen molar-refractivity contribution >= 4 is 0 Å². The molecule has 0 bridgehead atoms. The molecule has 0 radical (unpaired) electrons. The van der Waals surface area contributed by atoms with Crippen molar-refractivity contribution in [2.24, 2.45) is 0 Å². The highest BCUT2D eigenvalue weighted by Crippen LogP contribution is 1.30. The molecule has 0 atom stereocenters. The van der Waals surface area contributed by atoms with Gasteiger partial charge in [-0.05, 0) is 6.92 Å². The number of hydrogen-bond donors (Lipinski definition) is 1. The summed E-state index contributed by atoms with van der Waals surface area (Å²) in [6, 6.07) is 0. The van der Waals surface area contributed by atoms with Crippen molar-refractivity contribution in [3.8, 4) is 0 Å². The van der Waals surface area contributed by atoms with Gasteiger partial charge in [0.15, 0.2) is 0 Å². The Bertz CT molecular complexity index is 3.25. The van der Waals surface area contributed by atoms with E-state index in [2.05, 4.69) is 0 Å². The molecule has 0 aliphatic rings. The summed E-state index contributed by atoms with van der Waals surface area (Å²) in [6.45, 7) is 1.93. The maximum absolute atomic E-state index is 7.57. The van der Waals surface area contributed by atoms with Crippen molar-refractivity contribution in [3.05, 3.63) is 0 Å². The lowest BCUT2D eigenvalue weighted by molar-refractivity contribution is 0.318. The number of hydrogen-bond acceptors (Lipinski definition) is 1. The zero-order valence-corrected chi connectivity index (χ0v) is 2.15. The van der Waals surface area contributed by atoms with E-state index >= 15 is 0 Å². The van der Waals surface area contributed by atoms with Crippen LogP contribution in [-0.2, 0) is 0 Å². The van der Waals surface area contributed by atoms with Gasteiger partial charge >= 0.3 is 0 Å². The minimum Gasteiger partial charge on any atom is -0.397 e. The monoisotopic (exact) mass is 61.1 g/mol. The molecule has 0 aromatic carbocycles. The van der Waals surface area contributed by atoms with Crippen LogP contribution in [0.15, 0.2) is 0 Å². The van der Waals surface area contributed by atoms with Crippen LogP contribution in [0, 0.1) is 0 Å². The SMILES string of the molecule is CCO.[11CH4]. The zero-order valence-electron chi connectivity index (χ0n) is 2.15. The second-order valence-electron chi connectivity index (χ2n) is 0.316. The van der Waals surface area contributed by atoms with Crippen LogP contribution in [0.5, 0.6) is 0 Å². The first-order chi connectivity index (χ1) is 1.41. The predicted octanol–water partition coefficient (Wildman–Crippen LogP) is 0.635. The first kappa shape index (κ1) is 9.03. The van der Waals surface area contributed by atoms with Crippen LogP contribution in [0.25, 0.3) is 0 Å².